The molecule has 0 aliphatic carbocycles. The maximum atomic E-state index is 13.2. The SMILES string of the molecule is Cc1nc(-c2ncn[nH]2)sc1C(=O)O[C@@H](C)c1cccc(F)c1. The number of H-pyrrole nitrogens is 1. The van der Waals surface area contributed by atoms with E-state index in [9.17, 15) is 9.18 Å². The third kappa shape index (κ3) is 3.26. The number of esters is 1. The fourth-order valence-corrected chi connectivity index (χ4v) is 2.93. The number of halogens is 1. The van der Waals surface area contributed by atoms with Gasteiger partial charge < -0.3 is 4.74 Å². The highest BCUT2D eigenvalue weighted by Crippen LogP contribution is 2.27. The summed E-state index contributed by atoms with van der Waals surface area (Å²) < 4.78 is 18.7. The van der Waals surface area contributed by atoms with Crippen molar-refractivity contribution in [2.24, 2.45) is 0 Å². The molecular formula is C15H13FN4O2S. The Morgan fingerprint density at radius 3 is 2.96 bits per heavy atom. The fourth-order valence-electron chi connectivity index (χ4n) is 2.04. The molecule has 2 aromatic heterocycles. The molecule has 6 nitrogen and oxygen atoms in total. The van der Waals surface area contributed by atoms with Crippen molar-refractivity contribution in [3.8, 4) is 10.8 Å². The van der Waals surface area contributed by atoms with Gasteiger partial charge in [-0.25, -0.2) is 19.2 Å². The molecule has 0 spiro atoms. The van der Waals surface area contributed by atoms with Crippen LogP contribution >= 0.6 is 11.3 Å². The Labute approximate surface area is 135 Å². The minimum atomic E-state index is -0.562. The van der Waals surface area contributed by atoms with E-state index >= 15 is 0 Å². The van der Waals surface area contributed by atoms with Crippen molar-refractivity contribution < 1.29 is 13.9 Å². The summed E-state index contributed by atoms with van der Waals surface area (Å²) in [5.41, 5.74) is 1.15. The van der Waals surface area contributed by atoms with Gasteiger partial charge in [0.15, 0.2) is 10.8 Å². The minimum Gasteiger partial charge on any atom is -0.454 e. The predicted octanol–water partition coefficient (Wildman–Crippen LogP) is 3.29. The Hall–Kier alpha value is -2.61. The Morgan fingerprint density at radius 1 is 1.43 bits per heavy atom. The molecule has 8 heteroatoms. The lowest BCUT2D eigenvalue weighted by molar-refractivity contribution is 0.0342. The number of aromatic nitrogens is 4. The lowest BCUT2D eigenvalue weighted by Crippen LogP contribution is -2.09. The number of aromatic amines is 1. The number of ether oxygens (including phenoxy) is 1. The van der Waals surface area contributed by atoms with Crippen LogP contribution in [0.2, 0.25) is 0 Å². The van der Waals surface area contributed by atoms with Crippen molar-refractivity contribution in [2.45, 2.75) is 20.0 Å². The van der Waals surface area contributed by atoms with Crippen LogP contribution in [0.3, 0.4) is 0 Å². The van der Waals surface area contributed by atoms with Crippen LogP contribution in [-0.4, -0.2) is 26.1 Å². The molecule has 118 valence electrons. The van der Waals surface area contributed by atoms with Crippen molar-refractivity contribution in [1.82, 2.24) is 20.2 Å². The maximum absolute atomic E-state index is 13.2. The van der Waals surface area contributed by atoms with Gasteiger partial charge in [-0.1, -0.05) is 12.1 Å². The zero-order valence-electron chi connectivity index (χ0n) is 12.4. The molecule has 3 aromatic rings. The molecule has 2 heterocycles. The van der Waals surface area contributed by atoms with Gasteiger partial charge in [0, 0.05) is 0 Å². The van der Waals surface area contributed by atoms with E-state index in [2.05, 4.69) is 20.2 Å². The average Bonchev–Trinajstić information content (AvgIpc) is 3.16. The first-order chi connectivity index (χ1) is 11.0. The lowest BCUT2D eigenvalue weighted by atomic mass is 10.1. The number of carbonyl (C=O) groups excluding carboxylic acids is 1. The summed E-state index contributed by atoms with van der Waals surface area (Å²) in [7, 11) is 0. The Bertz CT molecular complexity index is 832. The van der Waals surface area contributed by atoms with Gasteiger partial charge in [-0.05, 0) is 31.5 Å². The van der Waals surface area contributed by atoms with Gasteiger partial charge in [-0.2, -0.15) is 5.10 Å². The molecule has 0 unspecified atom stereocenters. The standard InChI is InChI=1S/C15H13FN4O2S/c1-8-12(23-14(19-8)13-17-7-18-20-13)15(21)22-9(2)10-4-3-5-11(16)6-10/h3-7,9H,1-2H3,(H,17,18,20)/t9-/m0/s1. The van der Waals surface area contributed by atoms with Crippen LogP contribution in [0, 0.1) is 12.7 Å². The van der Waals surface area contributed by atoms with E-state index in [1.807, 2.05) is 0 Å². The van der Waals surface area contributed by atoms with Crippen LogP contribution in [0.15, 0.2) is 30.6 Å². The van der Waals surface area contributed by atoms with Crippen LogP contribution in [0.25, 0.3) is 10.8 Å². The largest absolute Gasteiger partial charge is 0.454 e. The number of nitrogens with one attached hydrogen (secondary N) is 1. The van der Waals surface area contributed by atoms with E-state index < -0.39 is 12.1 Å². The molecule has 3 rings (SSSR count). The quantitative estimate of drug-likeness (QED) is 0.742. The molecular weight excluding hydrogens is 319 g/mol. The van der Waals surface area contributed by atoms with Gasteiger partial charge in [0.2, 0.25) is 0 Å². The minimum absolute atomic E-state index is 0.369. The number of rotatable bonds is 4. The molecule has 0 aliphatic rings. The topological polar surface area (TPSA) is 80.8 Å². The van der Waals surface area contributed by atoms with Crippen molar-refractivity contribution in [3.63, 3.8) is 0 Å². The zero-order chi connectivity index (χ0) is 16.4. The highest BCUT2D eigenvalue weighted by Gasteiger charge is 2.21. The van der Waals surface area contributed by atoms with E-state index in [0.29, 0.717) is 27.0 Å². The van der Waals surface area contributed by atoms with Crippen LogP contribution in [0.4, 0.5) is 4.39 Å². The molecule has 23 heavy (non-hydrogen) atoms. The molecule has 0 saturated heterocycles. The summed E-state index contributed by atoms with van der Waals surface area (Å²) >= 11 is 1.17. The van der Waals surface area contributed by atoms with Crippen molar-refractivity contribution in [1.29, 1.82) is 0 Å². The van der Waals surface area contributed by atoms with Crippen molar-refractivity contribution in [3.05, 3.63) is 52.5 Å². The number of thiazole rings is 1. The number of benzene rings is 1. The summed E-state index contributed by atoms with van der Waals surface area (Å²) in [6, 6.07) is 5.97. The molecule has 1 aromatic carbocycles. The van der Waals surface area contributed by atoms with E-state index in [-0.39, 0.29) is 5.82 Å². The first-order valence-corrected chi connectivity index (χ1v) is 7.66. The summed E-state index contributed by atoms with van der Waals surface area (Å²) in [6.45, 7) is 3.42. The second-order valence-electron chi connectivity index (χ2n) is 4.87. The smallest absolute Gasteiger partial charge is 0.350 e. The van der Waals surface area contributed by atoms with Crippen LogP contribution in [0.5, 0.6) is 0 Å². The monoisotopic (exact) mass is 332 g/mol. The Morgan fingerprint density at radius 2 is 2.26 bits per heavy atom. The van der Waals surface area contributed by atoms with E-state index in [1.165, 1.54) is 29.8 Å². The molecule has 1 N–H and O–H groups in total. The number of carbonyl (C=O) groups is 1. The molecule has 0 amide bonds. The second-order valence-corrected chi connectivity index (χ2v) is 5.87. The van der Waals surface area contributed by atoms with Crippen LogP contribution < -0.4 is 0 Å². The summed E-state index contributed by atoms with van der Waals surface area (Å²) in [4.78, 5) is 21.0. The zero-order valence-corrected chi connectivity index (χ0v) is 13.2. The van der Waals surface area contributed by atoms with Gasteiger partial charge in [0.25, 0.3) is 0 Å². The maximum Gasteiger partial charge on any atom is 0.350 e. The fraction of sp³-hybridized carbons (Fsp3) is 0.200. The Kier molecular flexibility index (Phi) is 4.16. The molecule has 0 saturated carbocycles. The first-order valence-electron chi connectivity index (χ1n) is 6.84. The Balaban J connectivity index is 1.78. The number of hydrogen-bond acceptors (Lipinski definition) is 6. The molecule has 0 fully saturated rings. The second kappa shape index (κ2) is 6.25. The van der Waals surface area contributed by atoms with E-state index in [1.54, 1.807) is 26.0 Å². The summed E-state index contributed by atoms with van der Waals surface area (Å²) in [5.74, 6) is -0.371. The average molecular weight is 332 g/mol. The van der Waals surface area contributed by atoms with Gasteiger partial charge in [-0.3, -0.25) is 5.10 Å². The third-order valence-electron chi connectivity index (χ3n) is 3.20. The van der Waals surface area contributed by atoms with E-state index in [4.69, 9.17) is 4.74 Å². The van der Waals surface area contributed by atoms with Gasteiger partial charge in [0.1, 0.15) is 23.1 Å². The number of nitrogens with zero attached hydrogens (tertiary/aromatic N) is 3. The first kappa shape index (κ1) is 15.3. The third-order valence-corrected chi connectivity index (χ3v) is 4.35. The van der Waals surface area contributed by atoms with Crippen molar-refractivity contribution >= 4 is 17.3 Å². The van der Waals surface area contributed by atoms with Gasteiger partial charge >= 0.3 is 5.97 Å². The molecule has 0 bridgehead atoms. The summed E-state index contributed by atoms with van der Waals surface area (Å²) in [6.07, 6.45) is 0.809. The van der Waals surface area contributed by atoms with Crippen LogP contribution in [0.1, 0.15) is 34.0 Å². The number of aryl methyl sites for hydroxylation is 1. The van der Waals surface area contributed by atoms with Gasteiger partial charge in [-0.15, -0.1) is 11.3 Å². The molecule has 1 atom stereocenters. The predicted molar refractivity (Wildman–Crippen MR) is 82.5 cm³/mol. The number of hydrogen-bond donors (Lipinski definition) is 1. The molecule has 0 radical (unpaired) electrons. The van der Waals surface area contributed by atoms with Crippen LogP contribution in [-0.2, 0) is 4.74 Å². The highest BCUT2D eigenvalue weighted by molar-refractivity contribution is 7.16. The van der Waals surface area contributed by atoms with E-state index in [0.717, 1.165) is 0 Å². The van der Waals surface area contributed by atoms with Gasteiger partial charge in [0.05, 0.1) is 5.69 Å². The van der Waals surface area contributed by atoms with Crippen molar-refractivity contribution in [2.75, 3.05) is 0 Å². The lowest BCUT2D eigenvalue weighted by Gasteiger charge is -2.13. The normalized spacial score (nSPS) is 12.1. The molecule has 0 aliphatic heterocycles. The highest BCUT2D eigenvalue weighted by atomic mass is 32.1. The summed E-state index contributed by atoms with van der Waals surface area (Å²) in [5, 5.41) is 7.02.